The summed E-state index contributed by atoms with van der Waals surface area (Å²) in [6.07, 6.45) is 0.985. The summed E-state index contributed by atoms with van der Waals surface area (Å²) in [6.45, 7) is 3.86. The highest BCUT2D eigenvalue weighted by molar-refractivity contribution is 8.14. The molecule has 110 valence electrons. The van der Waals surface area contributed by atoms with Gasteiger partial charge >= 0.3 is 0 Å². The predicted octanol–water partition coefficient (Wildman–Crippen LogP) is 2.47. The molecular formula is C15H22N2O2S. The average Bonchev–Trinajstić information content (AvgIpc) is 2.96. The van der Waals surface area contributed by atoms with Crippen LogP contribution in [0.3, 0.4) is 0 Å². The number of thioether (sulfide) groups is 1. The van der Waals surface area contributed by atoms with Crippen molar-refractivity contribution in [2.75, 3.05) is 40.0 Å². The minimum atomic E-state index is 0.455. The summed E-state index contributed by atoms with van der Waals surface area (Å²) in [5.74, 6) is 0. The maximum Gasteiger partial charge on any atom is 0.157 e. The molecule has 0 fully saturated rings. The maximum atomic E-state index is 5.42. The molecule has 1 aliphatic rings. The van der Waals surface area contributed by atoms with E-state index >= 15 is 0 Å². The van der Waals surface area contributed by atoms with E-state index < -0.39 is 0 Å². The third kappa shape index (κ3) is 5.15. The molecule has 4 nitrogen and oxygen atoms in total. The largest absolute Gasteiger partial charge is 0.382 e. The van der Waals surface area contributed by atoms with Gasteiger partial charge < -0.3 is 14.8 Å². The summed E-state index contributed by atoms with van der Waals surface area (Å²) >= 11 is 1.81. The highest BCUT2D eigenvalue weighted by atomic mass is 32.2. The van der Waals surface area contributed by atoms with Gasteiger partial charge in [0.25, 0.3) is 0 Å². The molecule has 0 spiro atoms. The first-order valence-corrected chi connectivity index (χ1v) is 7.84. The lowest BCUT2D eigenvalue weighted by Crippen LogP contribution is -2.21. The van der Waals surface area contributed by atoms with Crippen molar-refractivity contribution >= 4 is 16.9 Å². The first-order chi connectivity index (χ1) is 9.90. The SMILES string of the molecule is COCCOCCCNC1=NCC(c2ccccc2)S1. The molecular weight excluding hydrogens is 272 g/mol. The third-order valence-corrected chi connectivity index (χ3v) is 4.20. The minimum absolute atomic E-state index is 0.455. The molecule has 0 aliphatic carbocycles. The number of benzene rings is 1. The van der Waals surface area contributed by atoms with Gasteiger partial charge in [-0.25, -0.2) is 0 Å². The van der Waals surface area contributed by atoms with Crippen molar-refractivity contribution in [1.29, 1.82) is 0 Å². The Hall–Kier alpha value is -1.04. The lowest BCUT2D eigenvalue weighted by molar-refractivity contribution is 0.0699. The van der Waals surface area contributed by atoms with Crippen LogP contribution in [0.2, 0.25) is 0 Å². The second kappa shape index (κ2) is 9.00. The molecule has 1 N–H and O–H groups in total. The van der Waals surface area contributed by atoms with Crippen LogP contribution < -0.4 is 5.32 Å². The van der Waals surface area contributed by atoms with Crippen molar-refractivity contribution in [2.24, 2.45) is 4.99 Å². The van der Waals surface area contributed by atoms with Gasteiger partial charge in [0.05, 0.1) is 25.0 Å². The lowest BCUT2D eigenvalue weighted by Gasteiger charge is -2.09. The summed E-state index contributed by atoms with van der Waals surface area (Å²) in [4.78, 5) is 4.55. The molecule has 0 aromatic heterocycles. The second-order valence-corrected chi connectivity index (χ2v) is 5.74. The van der Waals surface area contributed by atoms with E-state index in [0.717, 1.165) is 31.3 Å². The average molecular weight is 294 g/mol. The molecule has 1 aromatic carbocycles. The summed E-state index contributed by atoms with van der Waals surface area (Å²) in [7, 11) is 1.68. The van der Waals surface area contributed by atoms with Gasteiger partial charge in [-0.2, -0.15) is 0 Å². The van der Waals surface area contributed by atoms with Crippen LogP contribution in [0.25, 0.3) is 0 Å². The molecule has 1 aromatic rings. The minimum Gasteiger partial charge on any atom is -0.382 e. The van der Waals surface area contributed by atoms with Crippen molar-refractivity contribution < 1.29 is 9.47 Å². The summed E-state index contributed by atoms with van der Waals surface area (Å²) in [6, 6.07) is 10.5. The highest BCUT2D eigenvalue weighted by Gasteiger charge is 2.20. The Balaban J connectivity index is 1.57. The Morgan fingerprint density at radius 3 is 2.90 bits per heavy atom. The molecule has 2 rings (SSSR count). The number of nitrogens with one attached hydrogen (secondary N) is 1. The molecule has 1 aliphatic heterocycles. The first kappa shape index (κ1) is 15.4. The van der Waals surface area contributed by atoms with E-state index in [9.17, 15) is 0 Å². The van der Waals surface area contributed by atoms with E-state index in [0.29, 0.717) is 18.5 Å². The van der Waals surface area contributed by atoms with Crippen LogP contribution in [-0.4, -0.2) is 45.2 Å². The molecule has 0 radical (unpaired) electrons. The van der Waals surface area contributed by atoms with Gasteiger partial charge in [-0.15, -0.1) is 0 Å². The van der Waals surface area contributed by atoms with Crippen LogP contribution in [0, 0.1) is 0 Å². The number of amidine groups is 1. The van der Waals surface area contributed by atoms with E-state index in [2.05, 4.69) is 34.6 Å². The monoisotopic (exact) mass is 294 g/mol. The van der Waals surface area contributed by atoms with E-state index in [-0.39, 0.29) is 0 Å². The van der Waals surface area contributed by atoms with Crippen LogP contribution >= 0.6 is 11.8 Å². The van der Waals surface area contributed by atoms with E-state index in [1.165, 1.54) is 5.56 Å². The standard InChI is InChI=1S/C15H22N2O2S/c1-18-10-11-19-9-5-8-16-15-17-12-14(20-15)13-6-3-2-4-7-13/h2-4,6-7,14H,5,8-12H2,1H3,(H,16,17). The zero-order valence-electron chi connectivity index (χ0n) is 11.9. The fraction of sp³-hybridized carbons (Fsp3) is 0.533. The Kier molecular flexibility index (Phi) is 6.91. The number of methoxy groups -OCH3 is 1. The number of ether oxygens (including phenoxy) is 2. The number of rotatable bonds is 8. The molecule has 0 bridgehead atoms. The van der Waals surface area contributed by atoms with E-state index in [4.69, 9.17) is 9.47 Å². The van der Waals surface area contributed by atoms with Crippen molar-refractivity contribution in [1.82, 2.24) is 5.32 Å². The lowest BCUT2D eigenvalue weighted by atomic mass is 10.1. The zero-order valence-corrected chi connectivity index (χ0v) is 12.7. The Labute approximate surface area is 125 Å². The van der Waals surface area contributed by atoms with Crippen LogP contribution in [0.15, 0.2) is 35.3 Å². The molecule has 0 amide bonds. The normalized spacial score (nSPS) is 18.1. The van der Waals surface area contributed by atoms with Gasteiger partial charge in [-0.1, -0.05) is 42.1 Å². The second-order valence-electron chi connectivity index (χ2n) is 4.55. The van der Waals surface area contributed by atoms with Crippen molar-refractivity contribution in [3.8, 4) is 0 Å². The molecule has 1 unspecified atom stereocenters. The molecule has 1 heterocycles. The van der Waals surface area contributed by atoms with Gasteiger partial charge in [0.1, 0.15) is 0 Å². The van der Waals surface area contributed by atoms with Crippen LogP contribution in [-0.2, 0) is 9.47 Å². The topological polar surface area (TPSA) is 42.9 Å². The first-order valence-electron chi connectivity index (χ1n) is 6.97. The van der Waals surface area contributed by atoms with Crippen LogP contribution in [0.5, 0.6) is 0 Å². The molecule has 0 saturated heterocycles. The smallest absolute Gasteiger partial charge is 0.157 e. The van der Waals surface area contributed by atoms with E-state index in [1.54, 1.807) is 7.11 Å². The van der Waals surface area contributed by atoms with Gasteiger partial charge in [0, 0.05) is 20.3 Å². The summed E-state index contributed by atoms with van der Waals surface area (Å²) < 4.78 is 10.3. The number of hydrogen-bond acceptors (Lipinski definition) is 5. The van der Waals surface area contributed by atoms with Crippen molar-refractivity contribution in [3.05, 3.63) is 35.9 Å². The molecule has 1 atom stereocenters. The molecule has 5 heteroatoms. The molecule has 0 saturated carbocycles. The van der Waals surface area contributed by atoms with Crippen LogP contribution in [0.4, 0.5) is 0 Å². The Bertz CT molecular complexity index is 412. The van der Waals surface area contributed by atoms with Gasteiger partial charge in [-0.05, 0) is 12.0 Å². The van der Waals surface area contributed by atoms with Gasteiger partial charge in [0.15, 0.2) is 5.17 Å². The third-order valence-electron chi connectivity index (χ3n) is 3.00. The Morgan fingerprint density at radius 1 is 1.25 bits per heavy atom. The Morgan fingerprint density at radius 2 is 2.10 bits per heavy atom. The number of hydrogen-bond donors (Lipinski definition) is 1. The van der Waals surface area contributed by atoms with E-state index in [1.807, 2.05) is 17.8 Å². The highest BCUT2D eigenvalue weighted by Crippen LogP contribution is 2.33. The van der Waals surface area contributed by atoms with Crippen LogP contribution in [0.1, 0.15) is 17.2 Å². The zero-order chi connectivity index (χ0) is 14.0. The van der Waals surface area contributed by atoms with Crippen molar-refractivity contribution in [3.63, 3.8) is 0 Å². The number of aliphatic imine (C=N–C) groups is 1. The van der Waals surface area contributed by atoms with Gasteiger partial charge in [0.2, 0.25) is 0 Å². The predicted molar refractivity (Wildman–Crippen MR) is 84.4 cm³/mol. The quantitative estimate of drug-likeness (QED) is 0.748. The fourth-order valence-corrected chi connectivity index (χ4v) is 2.97. The fourth-order valence-electron chi connectivity index (χ4n) is 1.93. The van der Waals surface area contributed by atoms with Gasteiger partial charge in [-0.3, -0.25) is 4.99 Å². The number of nitrogens with zero attached hydrogens (tertiary/aromatic N) is 1. The maximum absolute atomic E-state index is 5.42. The summed E-state index contributed by atoms with van der Waals surface area (Å²) in [5, 5.41) is 4.88. The molecule has 20 heavy (non-hydrogen) atoms. The summed E-state index contributed by atoms with van der Waals surface area (Å²) in [5.41, 5.74) is 1.35. The van der Waals surface area contributed by atoms with Crippen molar-refractivity contribution in [2.45, 2.75) is 11.7 Å².